The minimum atomic E-state index is -0.308. The normalized spacial score (nSPS) is 12.7. The van der Waals surface area contributed by atoms with Gasteiger partial charge in [-0.05, 0) is 47.9 Å². The fraction of sp³-hybridized carbons (Fsp3) is 0.143. The largest absolute Gasteiger partial charge is 0.326 e. The summed E-state index contributed by atoms with van der Waals surface area (Å²) in [5.74, 6) is 0.404. The molecule has 0 aliphatic carbocycles. The van der Waals surface area contributed by atoms with Crippen molar-refractivity contribution in [1.29, 1.82) is 0 Å². The third kappa shape index (κ3) is 3.42. The zero-order chi connectivity index (χ0) is 17.9. The van der Waals surface area contributed by atoms with Crippen molar-refractivity contribution in [3.63, 3.8) is 0 Å². The highest BCUT2D eigenvalue weighted by Crippen LogP contribution is 2.33. The summed E-state index contributed by atoms with van der Waals surface area (Å²) in [6.07, 6.45) is 2.87. The van der Waals surface area contributed by atoms with Crippen molar-refractivity contribution < 1.29 is 9.18 Å². The fourth-order valence-corrected chi connectivity index (χ4v) is 3.19. The Bertz CT molecular complexity index is 923. The average Bonchev–Trinajstić information content (AvgIpc) is 3.08. The lowest BCUT2D eigenvalue weighted by Gasteiger charge is -2.18. The number of benzene rings is 2. The molecule has 0 saturated heterocycles. The topological polar surface area (TPSA) is 45.2 Å². The van der Waals surface area contributed by atoms with E-state index >= 15 is 0 Å². The number of nitrogens with one attached hydrogen (secondary N) is 1. The van der Waals surface area contributed by atoms with Gasteiger partial charge in [0, 0.05) is 12.2 Å². The molecule has 2 aromatic carbocycles. The van der Waals surface area contributed by atoms with E-state index in [1.54, 1.807) is 18.3 Å². The lowest BCUT2D eigenvalue weighted by molar-refractivity contribution is -0.115. The van der Waals surface area contributed by atoms with Crippen molar-refractivity contribution in [2.75, 3.05) is 16.8 Å². The number of carbonyl (C=O) groups is 1. The number of nitrogens with zero attached hydrogens (tertiary/aromatic N) is 2. The van der Waals surface area contributed by atoms with Gasteiger partial charge in [0.15, 0.2) is 0 Å². The molecule has 1 aliphatic heterocycles. The highest BCUT2D eigenvalue weighted by Gasteiger charge is 2.20. The molecule has 130 valence electrons. The van der Waals surface area contributed by atoms with Gasteiger partial charge in [0.05, 0.1) is 18.3 Å². The van der Waals surface area contributed by atoms with Crippen LogP contribution >= 0.6 is 0 Å². The lowest BCUT2D eigenvalue weighted by atomic mass is 10.1. The summed E-state index contributed by atoms with van der Waals surface area (Å²) >= 11 is 0. The number of amides is 1. The smallest absolute Gasteiger partial charge is 0.228 e. The molecule has 0 unspecified atom stereocenters. The molecule has 0 bridgehead atoms. The van der Waals surface area contributed by atoms with Gasteiger partial charge < -0.3 is 10.2 Å². The highest BCUT2D eigenvalue weighted by molar-refractivity contribution is 5.92. The average molecular weight is 347 g/mol. The molecular formula is C21H18FN3O. The van der Waals surface area contributed by atoms with E-state index in [9.17, 15) is 9.18 Å². The zero-order valence-corrected chi connectivity index (χ0v) is 14.2. The van der Waals surface area contributed by atoms with Crippen LogP contribution in [0.15, 0.2) is 66.9 Å². The first kappa shape index (κ1) is 16.3. The van der Waals surface area contributed by atoms with Gasteiger partial charge in [-0.15, -0.1) is 0 Å². The monoisotopic (exact) mass is 347 g/mol. The van der Waals surface area contributed by atoms with E-state index in [4.69, 9.17) is 0 Å². The summed E-state index contributed by atoms with van der Waals surface area (Å²) < 4.78 is 12.9. The number of fused-ring (bicyclic) bond motifs is 1. The Morgan fingerprint density at radius 1 is 1.08 bits per heavy atom. The van der Waals surface area contributed by atoms with Gasteiger partial charge in [-0.2, -0.15) is 0 Å². The van der Waals surface area contributed by atoms with Crippen LogP contribution in [0.4, 0.5) is 21.6 Å². The number of aromatic nitrogens is 1. The summed E-state index contributed by atoms with van der Waals surface area (Å²) in [4.78, 5) is 18.8. The number of halogens is 1. The number of hydrogen-bond donors (Lipinski definition) is 1. The van der Waals surface area contributed by atoms with Crippen LogP contribution < -0.4 is 10.2 Å². The molecule has 4 nitrogen and oxygen atoms in total. The van der Waals surface area contributed by atoms with E-state index in [1.807, 2.05) is 18.2 Å². The van der Waals surface area contributed by atoms with Crippen molar-refractivity contribution in [2.24, 2.45) is 0 Å². The van der Waals surface area contributed by atoms with Crippen LogP contribution in [0, 0.1) is 5.82 Å². The lowest BCUT2D eigenvalue weighted by Crippen LogP contribution is -2.16. The summed E-state index contributed by atoms with van der Waals surface area (Å²) in [5.41, 5.74) is 3.93. The fourth-order valence-electron chi connectivity index (χ4n) is 3.19. The predicted octanol–water partition coefficient (Wildman–Crippen LogP) is 4.10. The Hall–Kier alpha value is -3.21. The standard InChI is InChI=1S/C21H18FN3O/c22-17-7-5-15(6-8-17)13-21(26)24-18-9-10-20(23-14-18)25-12-11-16-3-1-2-4-19(16)25/h1-10,14H,11-13H2,(H,24,26). The van der Waals surface area contributed by atoms with E-state index in [2.05, 4.69) is 33.4 Å². The Morgan fingerprint density at radius 3 is 2.65 bits per heavy atom. The molecule has 0 saturated carbocycles. The quantitative estimate of drug-likeness (QED) is 0.773. The van der Waals surface area contributed by atoms with Gasteiger partial charge in [-0.1, -0.05) is 30.3 Å². The van der Waals surface area contributed by atoms with Crippen molar-refractivity contribution >= 4 is 23.1 Å². The van der Waals surface area contributed by atoms with Gasteiger partial charge >= 0.3 is 0 Å². The Labute approximate surface area is 151 Å². The van der Waals surface area contributed by atoms with Crippen LogP contribution in [0.5, 0.6) is 0 Å². The zero-order valence-electron chi connectivity index (χ0n) is 14.2. The third-order valence-corrected chi connectivity index (χ3v) is 4.47. The summed E-state index contributed by atoms with van der Waals surface area (Å²) in [6, 6.07) is 18.0. The Balaban J connectivity index is 1.42. The maximum absolute atomic E-state index is 12.9. The van der Waals surface area contributed by atoms with Crippen LogP contribution in [-0.4, -0.2) is 17.4 Å². The molecule has 0 spiro atoms. The number of rotatable bonds is 4. The third-order valence-electron chi connectivity index (χ3n) is 4.47. The molecule has 5 heteroatoms. The molecule has 0 fully saturated rings. The minimum Gasteiger partial charge on any atom is -0.326 e. The van der Waals surface area contributed by atoms with Gasteiger partial charge in [0.25, 0.3) is 0 Å². The van der Waals surface area contributed by atoms with Gasteiger partial charge in [0.1, 0.15) is 11.6 Å². The Morgan fingerprint density at radius 2 is 1.88 bits per heavy atom. The second-order valence-electron chi connectivity index (χ2n) is 6.29. The molecule has 1 aromatic heterocycles. The maximum atomic E-state index is 12.9. The minimum absolute atomic E-state index is 0.155. The van der Waals surface area contributed by atoms with Crippen molar-refractivity contribution in [2.45, 2.75) is 12.8 Å². The second-order valence-corrected chi connectivity index (χ2v) is 6.29. The SMILES string of the molecule is O=C(Cc1ccc(F)cc1)Nc1ccc(N2CCc3ccccc32)nc1. The first-order chi connectivity index (χ1) is 12.7. The molecule has 26 heavy (non-hydrogen) atoms. The summed E-state index contributed by atoms with van der Waals surface area (Å²) in [7, 11) is 0. The van der Waals surface area contributed by atoms with E-state index in [-0.39, 0.29) is 18.1 Å². The molecule has 1 amide bonds. The van der Waals surface area contributed by atoms with Crippen molar-refractivity contribution in [1.82, 2.24) is 4.98 Å². The van der Waals surface area contributed by atoms with Crippen molar-refractivity contribution in [3.05, 3.63) is 83.8 Å². The maximum Gasteiger partial charge on any atom is 0.228 e. The molecule has 4 rings (SSSR count). The summed E-state index contributed by atoms with van der Waals surface area (Å²) in [6.45, 7) is 0.905. The number of para-hydroxylation sites is 1. The van der Waals surface area contributed by atoms with Crippen molar-refractivity contribution in [3.8, 4) is 0 Å². The first-order valence-corrected chi connectivity index (χ1v) is 8.55. The van der Waals surface area contributed by atoms with Crippen LogP contribution in [-0.2, 0) is 17.6 Å². The van der Waals surface area contributed by atoms with E-state index in [0.29, 0.717) is 5.69 Å². The molecule has 0 radical (unpaired) electrons. The summed E-state index contributed by atoms with van der Waals surface area (Å²) in [5, 5.41) is 2.83. The predicted molar refractivity (Wildman–Crippen MR) is 100 cm³/mol. The first-order valence-electron chi connectivity index (χ1n) is 8.55. The molecule has 3 aromatic rings. The number of pyridine rings is 1. The molecule has 0 atom stereocenters. The van der Waals surface area contributed by atoms with Gasteiger partial charge in [0.2, 0.25) is 5.91 Å². The van der Waals surface area contributed by atoms with E-state index < -0.39 is 0 Å². The van der Waals surface area contributed by atoms with Gasteiger partial charge in [-0.3, -0.25) is 4.79 Å². The number of hydrogen-bond acceptors (Lipinski definition) is 3. The van der Waals surface area contributed by atoms with Crippen LogP contribution in [0.1, 0.15) is 11.1 Å². The number of carbonyl (C=O) groups excluding carboxylic acids is 1. The molecule has 1 N–H and O–H groups in total. The van der Waals surface area contributed by atoms with E-state index in [1.165, 1.54) is 23.4 Å². The molecular weight excluding hydrogens is 329 g/mol. The molecule has 2 heterocycles. The second kappa shape index (κ2) is 6.96. The van der Waals surface area contributed by atoms with Crippen LogP contribution in [0.2, 0.25) is 0 Å². The van der Waals surface area contributed by atoms with Gasteiger partial charge in [-0.25, -0.2) is 9.37 Å². The highest BCUT2D eigenvalue weighted by atomic mass is 19.1. The van der Waals surface area contributed by atoms with Crippen LogP contribution in [0.25, 0.3) is 0 Å². The van der Waals surface area contributed by atoms with Crippen LogP contribution in [0.3, 0.4) is 0 Å². The number of anilines is 3. The van der Waals surface area contributed by atoms with E-state index in [0.717, 1.165) is 24.3 Å². The Kier molecular flexibility index (Phi) is 4.35. The molecule has 1 aliphatic rings.